The number of hydrogen-bond acceptors (Lipinski definition) is 3. The fraction of sp³-hybridized carbons (Fsp3) is 0.529. The van der Waals surface area contributed by atoms with Crippen LogP contribution < -0.4 is 5.73 Å². The van der Waals surface area contributed by atoms with Gasteiger partial charge in [-0.05, 0) is 26.0 Å². The SMILES string of the molecule is C=CCC(N)(c1ccccc1)C(C)N1CCN(C)CC1. The van der Waals surface area contributed by atoms with Gasteiger partial charge in [0.2, 0.25) is 0 Å². The normalized spacial score (nSPS) is 22.1. The molecule has 2 rings (SSSR count). The first kappa shape index (κ1) is 15.2. The lowest BCUT2D eigenvalue weighted by Crippen LogP contribution is -2.58. The number of likely N-dealkylation sites (N-methyl/N-ethyl adjacent to an activating group) is 1. The molecular formula is C17H27N3. The van der Waals surface area contributed by atoms with Gasteiger partial charge in [-0.3, -0.25) is 4.90 Å². The Morgan fingerprint density at radius 1 is 1.25 bits per heavy atom. The second-order valence-electron chi connectivity index (χ2n) is 5.91. The van der Waals surface area contributed by atoms with Crippen molar-refractivity contribution in [2.75, 3.05) is 33.2 Å². The second-order valence-corrected chi connectivity index (χ2v) is 5.91. The van der Waals surface area contributed by atoms with Crippen LogP contribution in [0.4, 0.5) is 0 Å². The van der Waals surface area contributed by atoms with Crippen molar-refractivity contribution in [2.24, 2.45) is 5.73 Å². The van der Waals surface area contributed by atoms with Gasteiger partial charge in [-0.15, -0.1) is 6.58 Å². The van der Waals surface area contributed by atoms with Gasteiger partial charge in [-0.1, -0.05) is 36.4 Å². The first-order valence-electron chi connectivity index (χ1n) is 7.46. The molecule has 1 heterocycles. The Morgan fingerprint density at radius 2 is 1.85 bits per heavy atom. The largest absolute Gasteiger partial charge is 0.320 e. The summed E-state index contributed by atoms with van der Waals surface area (Å²) in [4.78, 5) is 4.88. The van der Waals surface area contributed by atoms with E-state index in [-0.39, 0.29) is 5.54 Å². The molecule has 1 fully saturated rings. The van der Waals surface area contributed by atoms with Gasteiger partial charge in [-0.2, -0.15) is 0 Å². The molecule has 1 aliphatic rings. The quantitative estimate of drug-likeness (QED) is 0.834. The predicted molar refractivity (Wildman–Crippen MR) is 85.7 cm³/mol. The molecule has 1 aromatic rings. The molecule has 0 amide bonds. The van der Waals surface area contributed by atoms with Gasteiger partial charge in [0.25, 0.3) is 0 Å². The maximum Gasteiger partial charge on any atom is 0.0599 e. The Balaban J connectivity index is 2.21. The lowest BCUT2D eigenvalue weighted by atomic mass is 9.80. The third-order valence-corrected chi connectivity index (χ3v) is 4.62. The van der Waals surface area contributed by atoms with Crippen molar-refractivity contribution in [3.05, 3.63) is 48.6 Å². The molecule has 110 valence electrons. The summed E-state index contributed by atoms with van der Waals surface area (Å²) in [7, 11) is 2.18. The van der Waals surface area contributed by atoms with E-state index < -0.39 is 0 Å². The van der Waals surface area contributed by atoms with Crippen LogP contribution in [0.1, 0.15) is 18.9 Å². The molecule has 0 aliphatic carbocycles. The molecule has 0 bridgehead atoms. The van der Waals surface area contributed by atoms with E-state index in [1.165, 1.54) is 5.56 Å². The summed E-state index contributed by atoms with van der Waals surface area (Å²) in [6.45, 7) is 10.6. The zero-order valence-corrected chi connectivity index (χ0v) is 12.8. The van der Waals surface area contributed by atoms with Crippen molar-refractivity contribution in [2.45, 2.75) is 24.9 Å². The van der Waals surface area contributed by atoms with Crippen molar-refractivity contribution in [3.8, 4) is 0 Å². The van der Waals surface area contributed by atoms with Crippen molar-refractivity contribution in [1.29, 1.82) is 0 Å². The van der Waals surface area contributed by atoms with Gasteiger partial charge in [0, 0.05) is 32.2 Å². The maximum absolute atomic E-state index is 6.81. The van der Waals surface area contributed by atoms with E-state index >= 15 is 0 Å². The molecule has 1 saturated heterocycles. The van der Waals surface area contributed by atoms with Crippen LogP contribution in [0.25, 0.3) is 0 Å². The highest BCUT2D eigenvalue weighted by Gasteiger charge is 2.36. The minimum absolute atomic E-state index is 0.302. The Labute approximate surface area is 123 Å². The number of benzene rings is 1. The predicted octanol–water partition coefficient (Wildman–Crippen LogP) is 2.05. The summed E-state index contributed by atoms with van der Waals surface area (Å²) in [5, 5.41) is 0. The van der Waals surface area contributed by atoms with E-state index in [9.17, 15) is 0 Å². The van der Waals surface area contributed by atoms with E-state index in [0.717, 1.165) is 32.6 Å². The smallest absolute Gasteiger partial charge is 0.0599 e. The molecule has 0 saturated carbocycles. The zero-order valence-electron chi connectivity index (χ0n) is 12.8. The highest BCUT2D eigenvalue weighted by Crippen LogP contribution is 2.30. The van der Waals surface area contributed by atoms with Crippen LogP contribution in [-0.4, -0.2) is 49.1 Å². The summed E-state index contributed by atoms with van der Waals surface area (Å²) >= 11 is 0. The topological polar surface area (TPSA) is 32.5 Å². The molecule has 0 spiro atoms. The Hall–Kier alpha value is -1.16. The summed E-state index contributed by atoms with van der Waals surface area (Å²) in [5.41, 5.74) is 7.65. The van der Waals surface area contributed by atoms with Crippen molar-refractivity contribution < 1.29 is 0 Å². The molecule has 3 nitrogen and oxygen atoms in total. The van der Waals surface area contributed by atoms with Crippen LogP contribution in [-0.2, 0) is 5.54 Å². The Morgan fingerprint density at radius 3 is 2.40 bits per heavy atom. The summed E-state index contributed by atoms with van der Waals surface area (Å²) < 4.78 is 0. The monoisotopic (exact) mass is 273 g/mol. The van der Waals surface area contributed by atoms with Crippen LogP contribution in [0.15, 0.2) is 43.0 Å². The molecule has 2 N–H and O–H groups in total. The Bertz CT molecular complexity index is 423. The zero-order chi connectivity index (χ0) is 14.6. The number of nitrogens with zero attached hydrogens (tertiary/aromatic N) is 2. The van der Waals surface area contributed by atoms with E-state index in [4.69, 9.17) is 5.73 Å². The summed E-state index contributed by atoms with van der Waals surface area (Å²) in [5.74, 6) is 0. The third kappa shape index (κ3) is 3.11. The van der Waals surface area contributed by atoms with Crippen molar-refractivity contribution in [1.82, 2.24) is 9.80 Å². The van der Waals surface area contributed by atoms with Gasteiger partial charge in [-0.25, -0.2) is 0 Å². The lowest BCUT2D eigenvalue weighted by molar-refractivity contribution is 0.0761. The van der Waals surface area contributed by atoms with E-state index in [1.807, 2.05) is 12.1 Å². The molecular weight excluding hydrogens is 246 g/mol. The van der Waals surface area contributed by atoms with Crippen molar-refractivity contribution in [3.63, 3.8) is 0 Å². The van der Waals surface area contributed by atoms with E-state index in [1.54, 1.807) is 0 Å². The molecule has 2 unspecified atom stereocenters. The highest BCUT2D eigenvalue weighted by atomic mass is 15.3. The van der Waals surface area contributed by atoms with Crippen LogP contribution in [0.2, 0.25) is 0 Å². The standard InChI is InChI=1S/C17H27N3/c1-4-10-17(18,16-8-6-5-7-9-16)15(2)20-13-11-19(3)12-14-20/h4-9,15H,1,10-14,18H2,2-3H3. The van der Waals surface area contributed by atoms with Gasteiger partial charge in [0.15, 0.2) is 0 Å². The molecule has 1 aliphatic heterocycles. The molecule has 1 aromatic carbocycles. The van der Waals surface area contributed by atoms with Crippen LogP contribution in [0, 0.1) is 0 Å². The third-order valence-electron chi connectivity index (χ3n) is 4.62. The fourth-order valence-corrected chi connectivity index (χ4v) is 3.05. The number of piperazine rings is 1. The number of hydrogen-bond donors (Lipinski definition) is 1. The Kier molecular flexibility index (Phi) is 4.97. The number of rotatable bonds is 5. The van der Waals surface area contributed by atoms with Crippen LogP contribution in [0.3, 0.4) is 0 Å². The average molecular weight is 273 g/mol. The lowest BCUT2D eigenvalue weighted by Gasteiger charge is -2.45. The fourth-order valence-electron chi connectivity index (χ4n) is 3.05. The van der Waals surface area contributed by atoms with Gasteiger partial charge in [0.1, 0.15) is 0 Å². The van der Waals surface area contributed by atoms with Crippen LogP contribution >= 0.6 is 0 Å². The second kappa shape index (κ2) is 6.53. The molecule has 2 atom stereocenters. The minimum atomic E-state index is -0.362. The summed E-state index contributed by atoms with van der Waals surface area (Å²) in [6, 6.07) is 10.7. The first-order chi connectivity index (χ1) is 9.58. The molecule has 3 heteroatoms. The molecule has 0 aromatic heterocycles. The van der Waals surface area contributed by atoms with Gasteiger partial charge < -0.3 is 10.6 Å². The molecule has 0 radical (unpaired) electrons. The molecule has 20 heavy (non-hydrogen) atoms. The maximum atomic E-state index is 6.81. The highest BCUT2D eigenvalue weighted by molar-refractivity contribution is 5.27. The number of nitrogens with two attached hydrogens (primary N) is 1. The van der Waals surface area contributed by atoms with Gasteiger partial charge >= 0.3 is 0 Å². The van der Waals surface area contributed by atoms with Gasteiger partial charge in [0.05, 0.1) is 5.54 Å². The minimum Gasteiger partial charge on any atom is -0.320 e. The first-order valence-corrected chi connectivity index (χ1v) is 7.46. The van der Waals surface area contributed by atoms with Crippen molar-refractivity contribution >= 4 is 0 Å². The van der Waals surface area contributed by atoms with E-state index in [2.05, 4.69) is 54.6 Å². The summed E-state index contributed by atoms with van der Waals surface area (Å²) in [6.07, 6.45) is 2.74. The van der Waals surface area contributed by atoms with Crippen LogP contribution in [0.5, 0.6) is 0 Å². The average Bonchev–Trinajstić information content (AvgIpc) is 2.48. The van der Waals surface area contributed by atoms with E-state index in [0.29, 0.717) is 6.04 Å².